The molecule has 18 heavy (non-hydrogen) atoms. The molecule has 1 heterocycles. The summed E-state index contributed by atoms with van der Waals surface area (Å²) in [4.78, 5) is 0. The van der Waals surface area contributed by atoms with Crippen LogP contribution in [0.5, 0.6) is 0 Å². The molecule has 1 saturated carbocycles. The summed E-state index contributed by atoms with van der Waals surface area (Å²) in [5, 5.41) is 8.40. The van der Waals surface area contributed by atoms with Crippen LogP contribution in [0, 0.1) is 0 Å². The first kappa shape index (κ1) is 13.6. The molecule has 0 amide bonds. The van der Waals surface area contributed by atoms with E-state index in [-0.39, 0.29) is 5.41 Å². The van der Waals surface area contributed by atoms with Gasteiger partial charge in [0.25, 0.3) is 0 Å². The summed E-state index contributed by atoms with van der Waals surface area (Å²) in [5.74, 6) is 0. The third kappa shape index (κ3) is 2.61. The fourth-order valence-corrected chi connectivity index (χ4v) is 2.84. The Kier molecular flexibility index (Phi) is 3.54. The molecule has 3 nitrogen and oxygen atoms in total. The van der Waals surface area contributed by atoms with E-state index in [1.165, 1.54) is 36.9 Å². The van der Waals surface area contributed by atoms with Crippen molar-refractivity contribution in [3.8, 4) is 0 Å². The summed E-state index contributed by atoms with van der Waals surface area (Å²) in [6.45, 7) is 9.95. The molecule has 1 aromatic heterocycles. The summed E-state index contributed by atoms with van der Waals surface area (Å²) in [6, 6.07) is 0. The zero-order valence-electron chi connectivity index (χ0n) is 12.5. The maximum absolute atomic E-state index is 4.63. The average molecular weight is 249 g/mol. The molecular formula is C15H27N3. The monoisotopic (exact) mass is 249 g/mol. The molecule has 1 N–H and O–H groups in total. The van der Waals surface area contributed by atoms with Crippen LogP contribution in [-0.2, 0) is 19.0 Å². The number of aryl methyl sites for hydroxylation is 1. The molecule has 1 aliphatic rings. The van der Waals surface area contributed by atoms with Crippen LogP contribution in [0.4, 0.5) is 0 Å². The minimum atomic E-state index is 0.122. The van der Waals surface area contributed by atoms with Gasteiger partial charge in [0.15, 0.2) is 0 Å². The Labute approximate surface area is 111 Å². The van der Waals surface area contributed by atoms with E-state index >= 15 is 0 Å². The molecule has 0 aliphatic heterocycles. The van der Waals surface area contributed by atoms with Gasteiger partial charge >= 0.3 is 0 Å². The van der Waals surface area contributed by atoms with Crippen molar-refractivity contribution in [2.24, 2.45) is 7.05 Å². The fourth-order valence-electron chi connectivity index (χ4n) is 2.84. The van der Waals surface area contributed by atoms with Crippen LogP contribution in [0.3, 0.4) is 0 Å². The summed E-state index contributed by atoms with van der Waals surface area (Å²) < 4.78 is 1.94. The molecule has 3 heteroatoms. The van der Waals surface area contributed by atoms with Crippen molar-refractivity contribution in [1.82, 2.24) is 15.1 Å². The number of nitrogens with zero attached hydrogens (tertiary/aromatic N) is 2. The normalized spacial score (nSPS) is 18.7. The number of rotatable bonds is 4. The second-order valence-electron chi connectivity index (χ2n) is 6.77. The summed E-state index contributed by atoms with van der Waals surface area (Å²) in [7, 11) is 2.01. The molecule has 0 bridgehead atoms. The highest BCUT2D eigenvalue weighted by molar-refractivity contribution is 5.24. The molecule has 1 aromatic rings. The molecule has 0 radical (unpaired) electrons. The Hall–Kier alpha value is -0.830. The van der Waals surface area contributed by atoms with Gasteiger partial charge in [0.2, 0.25) is 0 Å². The SMILES string of the molecule is CCC1(NCc2cn(C)nc2C(C)(C)C)CCC1. The number of nitrogens with one attached hydrogen (secondary N) is 1. The van der Waals surface area contributed by atoms with Gasteiger partial charge in [0, 0.05) is 36.3 Å². The number of hydrogen-bond donors (Lipinski definition) is 1. The summed E-state index contributed by atoms with van der Waals surface area (Å²) >= 11 is 0. The number of hydrogen-bond acceptors (Lipinski definition) is 2. The van der Waals surface area contributed by atoms with Gasteiger partial charge in [-0.2, -0.15) is 5.10 Å². The van der Waals surface area contributed by atoms with Crippen LogP contribution >= 0.6 is 0 Å². The third-order valence-corrected chi connectivity index (χ3v) is 4.26. The predicted octanol–water partition coefficient (Wildman–Crippen LogP) is 3.14. The van der Waals surface area contributed by atoms with Crippen LogP contribution in [0.1, 0.15) is 64.6 Å². The lowest BCUT2D eigenvalue weighted by atomic mass is 9.74. The van der Waals surface area contributed by atoms with Crippen molar-refractivity contribution in [2.75, 3.05) is 0 Å². The largest absolute Gasteiger partial charge is 0.307 e. The van der Waals surface area contributed by atoms with Crippen molar-refractivity contribution in [1.29, 1.82) is 0 Å². The minimum absolute atomic E-state index is 0.122. The average Bonchev–Trinajstić information content (AvgIpc) is 2.58. The lowest BCUT2D eigenvalue weighted by Crippen LogP contribution is -2.50. The van der Waals surface area contributed by atoms with E-state index in [4.69, 9.17) is 0 Å². The van der Waals surface area contributed by atoms with Gasteiger partial charge < -0.3 is 5.32 Å². The fraction of sp³-hybridized carbons (Fsp3) is 0.800. The highest BCUT2D eigenvalue weighted by Gasteiger charge is 2.34. The lowest BCUT2D eigenvalue weighted by Gasteiger charge is -2.42. The van der Waals surface area contributed by atoms with E-state index in [2.05, 4.69) is 44.3 Å². The Morgan fingerprint density at radius 2 is 2.06 bits per heavy atom. The van der Waals surface area contributed by atoms with Gasteiger partial charge in [-0.1, -0.05) is 27.7 Å². The Balaban J connectivity index is 2.09. The quantitative estimate of drug-likeness (QED) is 0.888. The van der Waals surface area contributed by atoms with Crippen LogP contribution < -0.4 is 5.32 Å². The first-order valence-electron chi connectivity index (χ1n) is 7.14. The lowest BCUT2D eigenvalue weighted by molar-refractivity contribution is 0.175. The Morgan fingerprint density at radius 3 is 2.50 bits per heavy atom. The van der Waals surface area contributed by atoms with Gasteiger partial charge in [-0.05, 0) is 25.7 Å². The van der Waals surface area contributed by atoms with Gasteiger partial charge in [-0.3, -0.25) is 4.68 Å². The molecule has 0 spiro atoms. The van der Waals surface area contributed by atoms with Crippen molar-refractivity contribution in [2.45, 2.75) is 70.9 Å². The zero-order chi connectivity index (χ0) is 13.4. The van der Waals surface area contributed by atoms with E-state index in [1.54, 1.807) is 0 Å². The van der Waals surface area contributed by atoms with Gasteiger partial charge in [-0.15, -0.1) is 0 Å². The van der Waals surface area contributed by atoms with E-state index in [0.29, 0.717) is 5.54 Å². The van der Waals surface area contributed by atoms with Crippen molar-refractivity contribution < 1.29 is 0 Å². The summed E-state index contributed by atoms with van der Waals surface area (Å²) in [5.41, 5.74) is 3.11. The molecule has 0 unspecified atom stereocenters. The zero-order valence-corrected chi connectivity index (χ0v) is 12.5. The Bertz CT molecular complexity index is 402. The molecule has 1 aliphatic carbocycles. The van der Waals surface area contributed by atoms with Crippen molar-refractivity contribution >= 4 is 0 Å². The number of aromatic nitrogens is 2. The summed E-state index contributed by atoms with van der Waals surface area (Å²) in [6.07, 6.45) is 7.43. The van der Waals surface area contributed by atoms with Crippen LogP contribution in [0.2, 0.25) is 0 Å². The van der Waals surface area contributed by atoms with Gasteiger partial charge in [-0.25, -0.2) is 0 Å². The maximum Gasteiger partial charge on any atom is 0.0722 e. The van der Waals surface area contributed by atoms with Gasteiger partial charge in [0.05, 0.1) is 5.69 Å². The standard InChI is InChI=1S/C15H27N3/c1-6-15(8-7-9-15)16-10-12-11-18(5)17-13(12)14(2,3)4/h11,16H,6-10H2,1-5H3. The smallest absolute Gasteiger partial charge is 0.0722 e. The van der Waals surface area contributed by atoms with E-state index < -0.39 is 0 Å². The molecule has 1 fully saturated rings. The molecule has 0 atom stereocenters. The van der Waals surface area contributed by atoms with E-state index in [0.717, 1.165) is 6.54 Å². The molecular weight excluding hydrogens is 222 g/mol. The van der Waals surface area contributed by atoms with Crippen LogP contribution in [-0.4, -0.2) is 15.3 Å². The van der Waals surface area contributed by atoms with Gasteiger partial charge in [0.1, 0.15) is 0 Å². The van der Waals surface area contributed by atoms with Crippen LogP contribution in [0.25, 0.3) is 0 Å². The van der Waals surface area contributed by atoms with E-state index in [9.17, 15) is 0 Å². The van der Waals surface area contributed by atoms with E-state index in [1.807, 2.05) is 11.7 Å². The highest BCUT2D eigenvalue weighted by Crippen LogP contribution is 2.35. The Morgan fingerprint density at radius 1 is 1.39 bits per heavy atom. The van der Waals surface area contributed by atoms with Crippen LogP contribution in [0.15, 0.2) is 6.20 Å². The van der Waals surface area contributed by atoms with Crippen molar-refractivity contribution in [3.05, 3.63) is 17.5 Å². The first-order chi connectivity index (χ1) is 8.36. The second kappa shape index (κ2) is 4.69. The first-order valence-corrected chi connectivity index (χ1v) is 7.14. The topological polar surface area (TPSA) is 29.9 Å². The second-order valence-corrected chi connectivity index (χ2v) is 6.77. The predicted molar refractivity (Wildman–Crippen MR) is 75.6 cm³/mol. The highest BCUT2D eigenvalue weighted by atomic mass is 15.3. The minimum Gasteiger partial charge on any atom is -0.307 e. The van der Waals surface area contributed by atoms with Crippen molar-refractivity contribution in [3.63, 3.8) is 0 Å². The molecule has 0 saturated heterocycles. The third-order valence-electron chi connectivity index (χ3n) is 4.26. The molecule has 0 aromatic carbocycles. The molecule has 2 rings (SSSR count). The molecule has 102 valence electrons. The maximum atomic E-state index is 4.63.